The van der Waals surface area contributed by atoms with Gasteiger partial charge in [-0.25, -0.2) is 9.38 Å². The van der Waals surface area contributed by atoms with Gasteiger partial charge in [-0.15, -0.1) is 12.3 Å². The van der Waals surface area contributed by atoms with Gasteiger partial charge in [0.25, 0.3) is 0 Å². The minimum Gasteiger partial charge on any atom is -0.461 e. The fourth-order valence-electron chi connectivity index (χ4n) is 5.33. The minimum absolute atomic E-state index is 0.0168. The molecule has 2 aliphatic carbocycles. The van der Waals surface area contributed by atoms with E-state index in [0.29, 0.717) is 43.6 Å². The van der Waals surface area contributed by atoms with Gasteiger partial charge in [0.15, 0.2) is 0 Å². The van der Waals surface area contributed by atoms with Crippen molar-refractivity contribution in [1.82, 2.24) is 10.6 Å². The van der Waals surface area contributed by atoms with Crippen LogP contribution in [0.5, 0.6) is 0 Å². The summed E-state index contributed by atoms with van der Waals surface area (Å²) in [6.45, 7) is 6.03. The fourth-order valence-corrected chi connectivity index (χ4v) is 5.33. The molecule has 2 saturated carbocycles. The van der Waals surface area contributed by atoms with Gasteiger partial charge >= 0.3 is 5.97 Å². The Morgan fingerprint density at radius 2 is 2.05 bits per heavy atom. The monoisotopic (exact) mass is 507 g/mol. The Balaban J connectivity index is 1.58. The Labute approximate surface area is 219 Å². The van der Waals surface area contributed by atoms with Crippen LogP contribution >= 0.6 is 0 Å². The van der Waals surface area contributed by atoms with Crippen LogP contribution in [0.25, 0.3) is 0 Å². The number of carbonyl (C=O) groups is 2. The third kappa shape index (κ3) is 7.39. The molecule has 1 amide bonds. The summed E-state index contributed by atoms with van der Waals surface area (Å²) >= 11 is 0. The number of terminal acetylenes is 1. The first-order chi connectivity index (χ1) is 17.9. The van der Waals surface area contributed by atoms with E-state index in [1.54, 1.807) is 19.1 Å². The predicted octanol–water partition coefficient (Wildman–Crippen LogP) is 4.81. The summed E-state index contributed by atoms with van der Waals surface area (Å²) in [7, 11) is 0. The summed E-state index contributed by atoms with van der Waals surface area (Å²) in [6, 6.07) is 6.39. The number of amides is 1. The number of esters is 1. The van der Waals surface area contributed by atoms with Crippen LogP contribution < -0.4 is 10.6 Å². The predicted molar refractivity (Wildman–Crippen MR) is 144 cm³/mol. The molecule has 7 heteroatoms. The maximum absolute atomic E-state index is 14.1. The molecule has 2 aliphatic rings. The zero-order valence-corrected chi connectivity index (χ0v) is 21.7. The van der Waals surface area contributed by atoms with E-state index in [4.69, 9.17) is 11.2 Å². The van der Waals surface area contributed by atoms with Crippen molar-refractivity contribution in [2.75, 3.05) is 13.1 Å². The van der Waals surface area contributed by atoms with Gasteiger partial charge in [0.2, 0.25) is 5.91 Å². The van der Waals surface area contributed by atoms with Crippen LogP contribution in [0.2, 0.25) is 0 Å². The van der Waals surface area contributed by atoms with E-state index < -0.39 is 5.41 Å². The summed E-state index contributed by atoms with van der Waals surface area (Å²) in [5, 5.41) is 5.86. The second-order valence-corrected chi connectivity index (χ2v) is 9.82. The lowest BCUT2D eigenvalue weighted by molar-refractivity contribution is -0.169. The average Bonchev–Trinajstić information content (AvgIpc) is 3.15. The Kier molecular flexibility index (Phi) is 10.6. The highest BCUT2D eigenvalue weighted by Crippen LogP contribution is 2.44. The highest BCUT2D eigenvalue weighted by molar-refractivity contribution is 5.83. The summed E-state index contributed by atoms with van der Waals surface area (Å²) in [6.07, 6.45) is 16.8. The van der Waals surface area contributed by atoms with Gasteiger partial charge in [-0.3, -0.25) is 9.59 Å². The number of benzene rings is 1. The number of ether oxygens (including phenoxy) is 1. The summed E-state index contributed by atoms with van der Waals surface area (Å²) < 4.78 is 20.2. The van der Waals surface area contributed by atoms with Gasteiger partial charge in [0.1, 0.15) is 17.7 Å². The van der Waals surface area contributed by atoms with Crippen LogP contribution in [0.3, 0.4) is 0 Å². The van der Waals surface area contributed by atoms with Gasteiger partial charge < -0.3 is 15.4 Å². The number of nitrogens with zero attached hydrogens (tertiary/aromatic N) is 1. The van der Waals surface area contributed by atoms with E-state index in [1.165, 1.54) is 24.4 Å². The van der Waals surface area contributed by atoms with Crippen molar-refractivity contribution in [3.63, 3.8) is 0 Å². The molecule has 0 aliphatic heterocycles. The van der Waals surface area contributed by atoms with Crippen molar-refractivity contribution in [1.29, 1.82) is 0 Å². The first-order valence-electron chi connectivity index (χ1n) is 13.2. The number of allylic oxidation sites excluding steroid dienone is 2. The van der Waals surface area contributed by atoms with Gasteiger partial charge in [-0.1, -0.05) is 50.5 Å². The maximum atomic E-state index is 14.1. The number of halogens is 1. The highest BCUT2D eigenvalue weighted by Gasteiger charge is 2.47. The lowest BCUT2D eigenvalue weighted by Gasteiger charge is -2.43. The number of aliphatic imine (C=N–C) groups is 1. The van der Waals surface area contributed by atoms with E-state index in [9.17, 15) is 14.0 Å². The molecule has 0 aromatic heterocycles. The van der Waals surface area contributed by atoms with Crippen molar-refractivity contribution >= 4 is 18.1 Å². The topological polar surface area (TPSA) is 79.8 Å². The molecular formula is C30H38FN3O3. The summed E-state index contributed by atoms with van der Waals surface area (Å²) in [4.78, 5) is 29.9. The molecule has 0 bridgehead atoms. The third-order valence-electron chi connectivity index (χ3n) is 7.48. The first kappa shape index (κ1) is 28.3. The Bertz CT molecular complexity index is 1050. The quantitative estimate of drug-likeness (QED) is 0.148. The van der Waals surface area contributed by atoms with Crippen LogP contribution in [0, 0.1) is 30.0 Å². The Morgan fingerprint density at radius 3 is 2.70 bits per heavy atom. The Morgan fingerprint density at radius 1 is 1.30 bits per heavy atom. The van der Waals surface area contributed by atoms with Crippen molar-refractivity contribution in [2.24, 2.45) is 16.8 Å². The van der Waals surface area contributed by atoms with Crippen LogP contribution in [-0.2, 0) is 19.7 Å². The SMILES string of the molecule is C#CC1CC(OC(=O)C2(c3cccc(F)c3)CCCCCC2)C1CCNCC(=O)NC(=C/C)/N=C\C=C. The molecule has 0 heterocycles. The second-order valence-electron chi connectivity index (χ2n) is 9.82. The van der Waals surface area contributed by atoms with Crippen LogP contribution in [0.1, 0.15) is 63.9 Å². The van der Waals surface area contributed by atoms with Gasteiger partial charge in [-0.2, -0.15) is 0 Å². The number of hydrogen-bond donors (Lipinski definition) is 2. The number of nitrogens with one attached hydrogen (secondary N) is 2. The molecule has 1 aromatic rings. The average molecular weight is 508 g/mol. The van der Waals surface area contributed by atoms with Crippen molar-refractivity contribution < 1.29 is 18.7 Å². The van der Waals surface area contributed by atoms with Crippen LogP contribution in [-0.4, -0.2) is 37.3 Å². The first-order valence-corrected chi connectivity index (χ1v) is 13.2. The summed E-state index contributed by atoms with van der Waals surface area (Å²) in [5.74, 6) is 2.50. The molecule has 0 radical (unpaired) electrons. The Hall–Kier alpha value is -3.24. The van der Waals surface area contributed by atoms with Crippen LogP contribution in [0.15, 0.2) is 53.8 Å². The smallest absolute Gasteiger partial charge is 0.316 e. The zero-order chi connectivity index (χ0) is 26.7. The van der Waals surface area contributed by atoms with E-state index in [2.05, 4.69) is 28.1 Å². The molecule has 3 unspecified atom stereocenters. The lowest BCUT2D eigenvalue weighted by atomic mass is 9.69. The number of rotatable bonds is 11. The molecule has 198 valence electrons. The van der Waals surface area contributed by atoms with Gasteiger partial charge in [0, 0.05) is 18.1 Å². The molecular weight excluding hydrogens is 469 g/mol. The third-order valence-corrected chi connectivity index (χ3v) is 7.48. The van der Waals surface area contributed by atoms with E-state index in [1.807, 2.05) is 6.07 Å². The fraction of sp³-hybridized carbons (Fsp3) is 0.500. The molecule has 0 spiro atoms. The van der Waals surface area contributed by atoms with Crippen molar-refractivity contribution in [2.45, 2.75) is 69.8 Å². The van der Waals surface area contributed by atoms with E-state index in [-0.39, 0.29) is 42.2 Å². The van der Waals surface area contributed by atoms with Crippen molar-refractivity contribution in [3.05, 3.63) is 60.2 Å². The highest BCUT2D eigenvalue weighted by atomic mass is 19.1. The number of hydrogen-bond acceptors (Lipinski definition) is 5. The molecule has 6 nitrogen and oxygen atoms in total. The van der Waals surface area contributed by atoms with E-state index >= 15 is 0 Å². The molecule has 2 N–H and O–H groups in total. The van der Waals surface area contributed by atoms with Crippen molar-refractivity contribution in [3.8, 4) is 12.3 Å². The molecule has 3 rings (SSSR count). The zero-order valence-electron chi connectivity index (χ0n) is 21.7. The van der Waals surface area contributed by atoms with E-state index in [0.717, 1.165) is 25.7 Å². The molecule has 37 heavy (non-hydrogen) atoms. The molecule has 2 fully saturated rings. The number of carbonyl (C=O) groups excluding carboxylic acids is 2. The standard InChI is InChI=1S/C30H38FN3O3/c1-4-17-33-27(6-3)34-28(35)21-32-18-14-25-22(5-2)19-26(25)37-29(36)30(15-9-7-8-10-16-30)23-12-11-13-24(31)20-23/h2,4,6,11-13,17,20,22,25-26,32H,1,7-10,14-16,18-19,21H2,3H3,(H,34,35)/b27-6+,33-17-. The second kappa shape index (κ2) is 13.9. The molecule has 3 atom stereocenters. The minimum atomic E-state index is -0.820. The van der Waals surface area contributed by atoms with Crippen LogP contribution in [0.4, 0.5) is 4.39 Å². The molecule has 1 aromatic carbocycles. The largest absolute Gasteiger partial charge is 0.461 e. The normalized spacial score (nSPS) is 23.4. The van der Waals surface area contributed by atoms with Gasteiger partial charge in [0.05, 0.1) is 12.0 Å². The lowest BCUT2D eigenvalue weighted by Crippen LogP contribution is -2.48. The molecule has 0 saturated heterocycles. The summed E-state index contributed by atoms with van der Waals surface area (Å²) in [5.41, 5.74) is -0.117. The van der Waals surface area contributed by atoms with Gasteiger partial charge in [-0.05, 0) is 62.9 Å². The maximum Gasteiger partial charge on any atom is 0.316 e.